The fraction of sp³-hybridized carbons (Fsp3) is 0.316. The summed E-state index contributed by atoms with van der Waals surface area (Å²) < 4.78 is 5.07. The zero-order valence-corrected chi connectivity index (χ0v) is 16.1. The van der Waals surface area contributed by atoms with Crippen molar-refractivity contribution in [3.8, 4) is 0 Å². The number of hydrogen-bond acceptors (Lipinski definition) is 4. The number of nitrogens with zero attached hydrogens (tertiary/aromatic N) is 2. The number of nitro benzene ring substituents is 1. The molecule has 0 saturated carbocycles. The Bertz CT molecular complexity index is 781. The van der Waals surface area contributed by atoms with Crippen molar-refractivity contribution in [3.05, 3.63) is 74.8 Å². The van der Waals surface area contributed by atoms with Gasteiger partial charge in [-0.05, 0) is 30.2 Å². The molecular formula is C19H23ClN4O3. The van der Waals surface area contributed by atoms with E-state index >= 15 is 0 Å². The second kappa shape index (κ2) is 10.5. The molecule has 0 aliphatic heterocycles. The summed E-state index contributed by atoms with van der Waals surface area (Å²) in [5.74, 6) is 0.623. The largest absolute Gasteiger partial charge is 0.383 e. The molecule has 0 bridgehead atoms. The number of non-ortho nitro benzene ring substituents is 1. The molecule has 2 rings (SSSR count). The van der Waals surface area contributed by atoms with Crippen molar-refractivity contribution >= 4 is 23.2 Å². The van der Waals surface area contributed by atoms with Gasteiger partial charge in [0.1, 0.15) is 0 Å². The monoisotopic (exact) mass is 390 g/mol. The van der Waals surface area contributed by atoms with E-state index in [0.717, 1.165) is 11.1 Å². The number of nitrogens with one attached hydrogen (secondary N) is 2. The summed E-state index contributed by atoms with van der Waals surface area (Å²) in [4.78, 5) is 14.9. The Hall–Kier alpha value is -2.64. The first-order chi connectivity index (χ1) is 13.0. The van der Waals surface area contributed by atoms with Crippen molar-refractivity contribution in [1.29, 1.82) is 0 Å². The van der Waals surface area contributed by atoms with E-state index in [4.69, 9.17) is 16.3 Å². The summed E-state index contributed by atoms with van der Waals surface area (Å²) in [6.07, 6.45) is 0. The minimum Gasteiger partial charge on any atom is -0.383 e. The summed E-state index contributed by atoms with van der Waals surface area (Å²) in [6.45, 7) is 3.56. The molecule has 2 aromatic carbocycles. The lowest BCUT2D eigenvalue weighted by molar-refractivity contribution is -0.384. The number of aliphatic imine (C=N–C) groups is 1. The molecule has 0 amide bonds. The first-order valence-corrected chi connectivity index (χ1v) is 8.90. The second-order valence-electron chi connectivity index (χ2n) is 5.93. The molecule has 0 aromatic heterocycles. The van der Waals surface area contributed by atoms with Gasteiger partial charge in [-0.15, -0.1) is 0 Å². The van der Waals surface area contributed by atoms with Crippen LogP contribution >= 0.6 is 11.6 Å². The molecule has 0 spiro atoms. The maximum Gasteiger partial charge on any atom is 0.269 e. The third-order valence-corrected chi connectivity index (χ3v) is 4.10. The number of rotatable bonds is 8. The van der Waals surface area contributed by atoms with Crippen molar-refractivity contribution < 1.29 is 9.66 Å². The number of guanidine groups is 1. The third kappa shape index (κ3) is 6.88. The first kappa shape index (κ1) is 20.7. The number of hydrogen-bond donors (Lipinski definition) is 2. The van der Waals surface area contributed by atoms with Gasteiger partial charge in [0, 0.05) is 30.8 Å². The molecule has 27 heavy (non-hydrogen) atoms. The number of nitro groups is 1. The molecule has 0 heterocycles. The normalized spacial score (nSPS) is 12.5. The molecule has 1 unspecified atom stereocenters. The van der Waals surface area contributed by atoms with E-state index in [0.29, 0.717) is 30.7 Å². The fourth-order valence-electron chi connectivity index (χ4n) is 2.38. The molecule has 2 N–H and O–H groups in total. The van der Waals surface area contributed by atoms with Crippen molar-refractivity contribution in [3.63, 3.8) is 0 Å². The van der Waals surface area contributed by atoms with Crippen LogP contribution in [0.3, 0.4) is 0 Å². The van der Waals surface area contributed by atoms with Gasteiger partial charge in [-0.3, -0.25) is 10.1 Å². The van der Waals surface area contributed by atoms with E-state index in [1.54, 1.807) is 19.2 Å². The van der Waals surface area contributed by atoms with Crippen LogP contribution in [0.25, 0.3) is 0 Å². The lowest BCUT2D eigenvalue weighted by Crippen LogP contribution is -2.40. The van der Waals surface area contributed by atoms with E-state index < -0.39 is 4.92 Å². The van der Waals surface area contributed by atoms with Gasteiger partial charge in [0.05, 0.1) is 24.1 Å². The Morgan fingerprint density at radius 1 is 1.30 bits per heavy atom. The predicted molar refractivity (Wildman–Crippen MR) is 107 cm³/mol. The van der Waals surface area contributed by atoms with Crippen molar-refractivity contribution in [2.75, 3.05) is 20.3 Å². The fourth-order valence-corrected chi connectivity index (χ4v) is 2.58. The SMILES string of the molecule is COCCNC(=NCc1ccc([N+](=O)[O-])cc1)NC(C)c1cccc(Cl)c1. The molecule has 2 aromatic rings. The van der Waals surface area contributed by atoms with E-state index in [9.17, 15) is 10.1 Å². The van der Waals surface area contributed by atoms with Crippen LogP contribution in [0.5, 0.6) is 0 Å². The Labute approximate surface area is 163 Å². The average Bonchev–Trinajstić information content (AvgIpc) is 2.66. The second-order valence-corrected chi connectivity index (χ2v) is 6.37. The molecule has 8 heteroatoms. The zero-order valence-electron chi connectivity index (χ0n) is 15.3. The number of halogens is 1. The molecule has 144 valence electrons. The Kier molecular flexibility index (Phi) is 8.03. The molecule has 0 aliphatic carbocycles. The smallest absolute Gasteiger partial charge is 0.269 e. The van der Waals surface area contributed by atoms with Gasteiger partial charge in [-0.25, -0.2) is 4.99 Å². The average molecular weight is 391 g/mol. The summed E-state index contributed by atoms with van der Waals surface area (Å²) in [7, 11) is 1.64. The number of benzene rings is 2. The summed E-state index contributed by atoms with van der Waals surface area (Å²) in [5, 5.41) is 18.0. The van der Waals surface area contributed by atoms with Crippen LogP contribution in [-0.2, 0) is 11.3 Å². The van der Waals surface area contributed by atoms with Crippen LogP contribution < -0.4 is 10.6 Å². The van der Waals surface area contributed by atoms with Gasteiger partial charge in [-0.1, -0.05) is 35.9 Å². The van der Waals surface area contributed by atoms with Crippen molar-refractivity contribution in [1.82, 2.24) is 10.6 Å². The van der Waals surface area contributed by atoms with Crippen LogP contribution in [0, 0.1) is 10.1 Å². The Balaban J connectivity index is 2.07. The maximum atomic E-state index is 10.7. The Morgan fingerprint density at radius 3 is 2.67 bits per heavy atom. The Morgan fingerprint density at radius 2 is 2.04 bits per heavy atom. The van der Waals surface area contributed by atoms with Gasteiger partial charge in [-0.2, -0.15) is 0 Å². The zero-order chi connectivity index (χ0) is 19.6. The summed E-state index contributed by atoms with van der Waals surface area (Å²) in [6, 6.07) is 14.0. The third-order valence-electron chi connectivity index (χ3n) is 3.87. The van der Waals surface area contributed by atoms with E-state index in [1.807, 2.05) is 31.2 Å². The summed E-state index contributed by atoms with van der Waals surface area (Å²) in [5.41, 5.74) is 1.98. The van der Waals surface area contributed by atoms with Crippen LogP contribution in [-0.4, -0.2) is 31.1 Å². The molecule has 0 radical (unpaired) electrons. The highest BCUT2D eigenvalue weighted by Gasteiger charge is 2.09. The highest BCUT2D eigenvalue weighted by molar-refractivity contribution is 6.30. The van der Waals surface area contributed by atoms with Gasteiger partial charge in [0.15, 0.2) is 5.96 Å². The highest BCUT2D eigenvalue weighted by Crippen LogP contribution is 2.17. The predicted octanol–water partition coefficient (Wildman–Crippen LogP) is 3.69. The summed E-state index contributed by atoms with van der Waals surface area (Å²) >= 11 is 6.07. The van der Waals surface area contributed by atoms with Crippen LogP contribution in [0.4, 0.5) is 5.69 Å². The van der Waals surface area contributed by atoms with Crippen molar-refractivity contribution in [2.24, 2.45) is 4.99 Å². The highest BCUT2D eigenvalue weighted by atomic mass is 35.5. The quantitative estimate of drug-likeness (QED) is 0.236. The standard InChI is InChI=1S/C19H23ClN4O3/c1-14(16-4-3-5-17(20)12-16)23-19(21-10-11-27-2)22-13-15-6-8-18(9-7-15)24(25)26/h3-9,12,14H,10-11,13H2,1-2H3,(H2,21,22,23). The van der Waals surface area contributed by atoms with Gasteiger partial charge < -0.3 is 15.4 Å². The van der Waals surface area contributed by atoms with E-state index in [1.165, 1.54) is 12.1 Å². The van der Waals surface area contributed by atoms with Gasteiger partial charge in [0.2, 0.25) is 0 Å². The lowest BCUT2D eigenvalue weighted by Gasteiger charge is -2.19. The number of ether oxygens (including phenoxy) is 1. The van der Waals surface area contributed by atoms with Crippen LogP contribution in [0.2, 0.25) is 5.02 Å². The van der Waals surface area contributed by atoms with Crippen LogP contribution in [0.1, 0.15) is 24.1 Å². The van der Waals surface area contributed by atoms with Gasteiger partial charge >= 0.3 is 0 Å². The molecular weight excluding hydrogens is 368 g/mol. The first-order valence-electron chi connectivity index (χ1n) is 8.52. The topological polar surface area (TPSA) is 88.8 Å². The lowest BCUT2D eigenvalue weighted by atomic mass is 10.1. The minimum absolute atomic E-state index is 0.00523. The molecule has 7 nitrogen and oxygen atoms in total. The molecule has 0 saturated heterocycles. The molecule has 0 aliphatic rings. The van der Waals surface area contributed by atoms with Gasteiger partial charge in [0.25, 0.3) is 5.69 Å². The van der Waals surface area contributed by atoms with Crippen LogP contribution in [0.15, 0.2) is 53.5 Å². The maximum absolute atomic E-state index is 10.7. The van der Waals surface area contributed by atoms with Crippen molar-refractivity contribution in [2.45, 2.75) is 19.5 Å². The number of methoxy groups -OCH3 is 1. The van der Waals surface area contributed by atoms with E-state index in [-0.39, 0.29) is 11.7 Å². The van der Waals surface area contributed by atoms with E-state index in [2.05, 4.69) is 15.6 Å². The minimum atomic E-state index is -0.418. The molecule has 0 fully saturated rings. The molecule has 1 atom stereocenters.